The lowest BCUT2D eigenvalue weighted by Crippen LogP contribution is -2.10. The van der Waals surface area contributed by atoms with Gasteiger partial charge in [-0.25, -0.2) is 9.37 Å². The van der Waals surface area contributed by atoms with E-state index in [-0.39, 0.29) is 0 Å². The van der Waals surface area contributed by atoms with E-state index in [2.05, 4.69) is 15.4 Å². The lowest BCUT2D eigenvalue weighted by atomic mass is 10.0. The molecular weight excluding hydrogens is 378 g/mol. The molecule has 0 fully saturated rings. The molecule has 1 N–H and O–H groups in total. The first-order valence-corrected chi connectivity index (χ1v) is 8.95. The Balaban J connectivity index is 1.74. The highest BCUT2D eigenvalue weighted by atomic mass is 35.5. The third-order valence-corrected chi connectivity index (χ3v) is 4.62. The molecule has 2 heterocycles. The standard InChI is InChI=1S/C20H15BClFN4O/c21-15-11-25-27-19(24-10-13-5-1-4-8-18(13)28-12-23)9-17(26-20(15)27)14-6-2-3-7-16(14)22/h1-9,11,24H,10,12H2. The summed E-state index contributed by atoms with van der Waals surface area (Å²) < 4.78 is 19.3. The summed E-state index contributed by atoms with van der Waals surface area (Å²) in [5.41, 5.74) is 3.24. The predicted molar refractivity (Wildman–Crippen MR) is 109 cm³/mol. The van der Waals surface area contributed by atoms with Gasteiger partial charge in [-0.15, -0.1) is 0 Å². The quantitative estimate of drug-likeness (QED) is 0.508. The first-order valence-electron chi connectivity index (χ1n) is 8.57. The summed E-state index contributed by atoms with van der Waals surface area (Å²) in [6.45, 7) is -0.486. The summed E-state index contributed by atoms with van der Waals surface area (Å²) in [6, 6.07) is 16.5. The van der Waals surface area contributed by atoms with Crippen LogP contribution in [0.1, 0.15) is 5.56 Å². The smallest absolute Gasteiger partial charge is 0.228 e. The largest absolute Gasteiger partial charge is 0.463 e. The fraction of sp³-hybridized carbons (Fsp3) is 0.100. The lowest BCUT2D eigenvalue weighted by molar-refractivity contribution is 0.190. The van der Waals surface area contributed by atoms with E-state index in [0.29, 0.717) is 39.9 Å². The third kappa shape index (κ3) is 3.53. The van der Waals surface area contributed by atoms with Gasteiger partial charge >= 0.3 is 0 Å². The zero-order chi connectivity index (χ0) is 19.5. The van der Waals surface area contributed by atoms with Crippen LogP contribution in [0.4, 0.5) is 10.2 Å². The Hall–Kier alpha value is -3.06. The van der Waals surface area contributed by atoms with Gasteiger partial charge in [0.25, 0.3) is 0 Å². The Bertz CT molecular complexity index is 1130. The molecule has 0 unspecified atom stereocenters. The number of aromatic nitrogens is 3. The number of hydrogen-bond donors (Lipinski definition) is 1. The van der Waals surface area contributed by atoms with Gasteiger partial charge in [-0.2, -0.15) is 9.61 Å². The molecule has 0 spiro atoms. The van der Waals surface area contributed by atoms with Gasteiger partial charge in [0, 0.05) is 35.0 Å². The molecule has 2 aromatic carbocycles. The van der Waals surface area contributed by atoms with Crippen molar-refractivity contribution in [3.8, 4) is 17.0 Å². The molecule has 0 amide bonds. The Kier molecular flexibility index (Phi) is 5.17. The van der Waals surface area contributed by atoms with Crippen molar-refractivity contribution in [3.05, 3.63) is 71.4 Å². The number of para-hydroxylation sites is 1. The van der Waals surface area contributed by atoms with Gasteiger partial charge in [0.05, 0.1) is 5.69 Å². The highest BCUT2D eigenvalue weighted by molar-refractivity contribution is 6.36. The first-order chi connectivity index (χ1) is 13.7. The summed E-state index contributed by atoms with van der Waals surface area (Å²) in [7, 11) is 6.03. The summed E-state index contributed by atoms with van der Waals surface area (Å²) in [5, 5.41) is 8.18. The number of nitrogens with zero attached hydrogens (tertiary/aromatic N) is 3. The van der Waals surface area contributed by atoms with Crippen LogP contribution in [-0.2, 0) is 6.54 Å². The topological polar surface area (TPSA) is 51.5 Å². The predicted octanol–water partition coefficient (Wildman–Crippen LogP) is 3.76. The molecule has 28 heavy (non-hydrogen) atoms. The van der Waals surface area contributed by atoms with E-state index in [0.717, 1.165) is 11.1 Å². The van der Waals surface area contributed by atoms with Crippen LogP contribution in [0.2, 0.25) is 5.02 Å². The monoisotopic (exact) mass is 392 g/mol. The summed E-state index contributed by atoms with van der Waals surface area (Å²) in [4.78, 5) is 4.61. The van der Waals surface area contributed by atoms with Crippen molar-refractivity contribution >= 4 is 36.4 Å². The van der Waals surface area contributed by atoms with Gasteiger partial charge in [-0.3, -0.25) is 0 Å². The van der Waals surface area contributed by atoms with Crippen LogP contribution >= 0.6 is 11.6 Å². The fourth-order valence-electron chi connectivity index (χ4n) is 2.95. The van der Waals surface area contributed by atoms with E-state index in [4.69, 9.17) is 24.2 Å². The van der Waals surface area contributed by atoms with Crippen molar-refractivity contribution in [1.82, 2.24) is 14.6 Å². The summed E-state index contributed by atoms with van der Waals surface area (Å²) >= 11 is 6.34. The molecule has 4 rings (SSSR count). The van der Waals surface area contributed by atoms with Gasteiger partial charge < -0.3 is 10.1 Å². The average molecular weight is 393 g/mol. The Morgan fingerprint density at radius 3 is 2.75 bits per heavy atom. The maximum atomic E-state index is 12.6. The average Bonchev–Trinajstić information content (AvgIpc) is 3.09. The maximum Gasteiger partial charge on any atom is 0.228 e. The van der Waals surface area contributed by atoms with Crippen molar-refractivity contribution in [2.45, 2.75) is 6.54 Å². The molecule has 8 heteroatoms. The Labute approximate surface area is 167 Å². The minimum atomic E-state index is -0.886. The zero-order valence-electron chi connectivity index (χ0n) is 14.8. The van der Waals surface area contributed by atoms with Crippen molar-refractivity contribution in [1.29, 1.82) is 0 Å². The zero-order valence-corrected chi connectivity index (χ0v) is 15.5. The van der Waals surface area contributed by atoms with Crippen LogP contribution in [0.25, 0.3) is 16.9 Å². The van der Waals surface area contributed by atoms with Crippen LogP contribution in [0.5, 0.6) is 5.75 Å². The van der Waals surface area contributed by atoms with Crippen LogP contribution in [-0.4, -0.2) is 29.3 Å². The molecule has 5 nitrogen and oxygen atoms in total. The van der Waals surface area contributed by atoms with Crippen molar-refractivity contribution in [2.24, 2.45) is 0 Å². The third-order valence-electron chi connectivity index (χ3n) is 4.29. The lowest BCUT2D eigenvalue weighted by Gasteiger charge is -2.13. The van der Waals surface area contributed by atoms with Gasteiger partial charge in [-0.05, 0) is 17.6 Å². The first kappa shape index (κ1) is 18.3. The van der Waals surface area contributed by atoms with Gasteiger partial charge in [-0.1, -0.05) is 48.0 Å². The molecular formula is C20H15BClFN4O. The minimum Gasteiger partial charge on any atom is -0.463 e. The minimum absolute atomic E-state index is 0.400. The van der Waals surface area contributed by atoms with Gasteiger partial charge in [0.2, 0.25) is 6.86 Å². The number of halogens is 2. The number of benzene rings is 2. The molecule has 0 saturated heterocycles. The van der Waals surface area contributed by atoms with Crippen molar-refractivity contribution < 1.29 is 9.13 Å². The van der Waals surface area contributed by atoms with E-state index in [1.165, 1.54) is 0 Å². The highest BCUT2D eigenvalue weighted by Crippen LogP contribution is 2.28. The maximum absolute atomic E-state index is 12.6. The molecule has 0 bridgehead atoms. The molecule has 138 valence electrons. The Morgan fingerprint density at radius 1 is 1.14 bits per heavy atom. The second kappa shape index (κ2) is 7.90. The Morgan fingerprint density at radius 2 is 1.93 bits per heavy atom. The molecule has 2 aromatic heterocycles. The van der Waals surface area contributed by atoms with Crippen LogP contribution in [0.15, 0.2) is 60.8 Å². The van der Waals surface area contributed by atoms with Crippen LogP contribution in [0, 0.1) is 0 Å². The van der Waals surface area contributed by atoms with Gasteiger partial charge in [0.15, 0.2) is 5.65 Å². The number of nitrogens with one attached hydrogen (secondary N) is 1. The van der Waals surface area contributed by atoms with E-state index in [9.17, 15) is 4.39 Å². The van der Waals surface area contributed by atoms with Crippen molar-refractivity contribution in [2.75, 3.05) is 12.2 Å². The number of ether oxygens (including phenoxy) is 1. The fourth-order valence-corrected chi connectivity index (χ4v) is 3.18. The summed E-state index contributed by atoms with van der Waals surface area (Å²) in [5.74, 6) is 1.15. The number of rotatable bonds is 6. The van der Waals surface area contributed by atoms with Crippen molar-refractivity contribution in [3.63, 3.8) is 0 Å². The SMILES string of the molecule is [B]c1cnn2c(NCc3ccccc3OCF)cc(-c3ccccc3Cl)nc12. The molecule has 0 atom stereocenters. The molecule has 2 radical (unpaired) electrons. The molecule has 0 aliphatic carbocycles. The number of hydrogen-bond acceptors (Lipinski definition) is 4. The van der Waals surface area contributed by atoms with Gasteiger partial charge in [0.1, 0.15) is 19.4 Å². The van der Waals surface area contributed by atoms with E-state index in [1.807, 2.05) is 36.4 Å². The second-order valence-corrected chi connectivity index (χ2v) is 6.46. The van der Waals surface area contributed by atoms with Crippen LogP contribution in [0.3, 0.4) is 0 Å². The molecule has 0 saturated carbocycles. The molecule has 0 aliphatic rings. The van der Waals surface area contributed by atoms with E-state index >= 15 is 0 Å². The van der Waals surface area contributed by atoms with E-state index in [1.54, 1.807) is 28.9 Å². The number of alkyl halides is 1. The normalized spacial score (nSPS) is 10.9. The highest BCUT2D eigenvalue weighted by Gasteiger charge is 2.13. The molecule has 4 aromatic rings. The molecule has 0 aliphatic heterocycles. The second-order valence-electron chi connectivity index (χ2n) is 6.06. The summed E-state index contributed by atoms with van der Waals surface area (Å²) in [6.07, 6.45) is 1.55. The number of anilines is 1. The van der Waals surface area contributed by atoms with E-state index < -0.39 is 6.86 Å². The van der Waals surface area contributed by atoms with Crippen LogP contribution < -0.4 is 15.5 Å². The number of fused-ring (bicyclic) bond motifs is 1.